The predicted molar refractivity (Wildman–Crippen MR) is 118 cm³/mol. The molecule has 0 saturated carbocycles. The van der Waals surface area contributed by atoms with Crippen LogP contribution in [0.5, 0.6) is 0 Å². The second kappa shape index (κ2) is 8.57. The van der Waals surface area contributed by atoms with Gasteiger partial charge in [0, 0.05) is 45.0 Å². The van der Waals surface area contributed by atoms with Gasteiger partial charge in [-0.25, -0.2) is 15.0 Å². The van der Waals surface area contributed by atoms with Gasteiger partial charge in [0.25, 0.3) is 0 Å². The molecule has 0 unspecified atom stereocenters. The molecule has 4 rings (SSSR count). The molecule has 1 aliphatic rings. The first-order valence-electron chi connectivity index (χ1n) is 10.3. The number of piperazine rings is 1. The average Bonchev–Trinajstić information content (AvgIpc) is 2.77. The Hall–Kier alpha value is -3.00. The molecule has 1 saturated heterocycles. The number of fused-ring (bicyclic) bond motifs is 1. The summed E-state index contributed by atoms with van der Waals surface area (Å²) in [5, 5.41) is 6.88. The Morgan fingerprint density at radius 3 is 2.52 bits per heavy atom. The van der Waals surface area contributed by atoms with E-state index in [1.54, 1.807) is 6.33 Å². The van der Waals surface area contributed by atoms with E-state index in [9.17, 15) is 0 Å². The van der Waals surface area contributed by atoms with Crippen molar-refractivity contribution in [1.29, 1.82) is 0 Å². The maximum atomic E-state index is 4.92. The molecule has 1 fully saturated rings. The third-order valence-electron chi connectivity index (χ3n) is 5.31. The van der Waals surface area contributed by atoms with Gasteiger partial charge in [0.15, 0.2) is 11.6 Å². The third kappa shape index (κ3) is 3.93. The molecular weight excluding hydrogens is 364 g/mol. The van der Waals surface area contributed by atoms with Crippen LogP contribution in [0.1, 0.15) is 19.4 Å². The summed E-state index contributed by atoms with van der Waals surface area (Å²) in [6, 6.07) is 8.19. The van der Waals surface area contributed by atoms with E-state index in [4.69, 9.17) is 9.97 Å². The van der Waals surface area contributed by atoms with Crippen LogP contribution >= 0.6 is 0 Å². The number of hydrogen-bond acceptors (Lipinski definition) is 8. The molecule has 29 heavy (non-hydrogen) atoms. The summed E-state index contributed by atoms with van der Waals surface area (Å²) in [4.78, 5) is 23.3. The lowest BCUT2D eigenvalue weighted by molar-refractivity contribution is 0.580. The highest BCUT2D eigenvalue weighted by Crippen LogP contribution is 2.30. The zero-order valence-electron chi connectivity index (χ0n) is 17.3. The first-order chi connectivity index (χ1) is 14.2. The first kappa shape index (κ1) is 19.3. The summed E-state index contributed by atoms with van der Waals surface area (Å²) < 4.78 is 0. The largest absolute Gasteiger partial charge is 0.355 e. The second-order valence-corrected chi connectivity index (χ2v) is 7.12. The maximum absolute atomic E-state index is 4.92. The Morgan fingerprint density at radius 1 is 1.03 bits per heavy atom. The highest BCUT2D eigenvalue weighted by atomic mass is 15.3. The Morgan fingerprint density at radius 2 is 1.79 bits per heavy atom. The minimum atomic E-state index is 0.716. The summed E-state index contributed by atoms with van der Waals surface area (Å²) in [5.74, 6) is 2.29. The number of anilines is 4. The number of benzene rings is 1. The fourth-order valence-corrected chi connectivity index (χ4v) is 3.61. The Kier molecular flexibility index (Phi) is 5.71. The summed E-state index contributed by atoms with van der Waals surface area (Å²) in [5.41, 5.74) is 3.70. The van der Waals surface area contributed by atoms with E-state index >= 15 is 0 Å². The molecule has 152 valence electrons. The minimum Gasteiger partial charge on any atom is -0.355 e. The lowest BCUT2D eigenvalue weighted by Gasteiger charge is -2.28. The van der Waals surface area contributed by atoms with Gasteiger partial charge in [-0.1, -0.05) is 18.2 Å². The molecule has 0 atom stereocenters. The highest BCUT2D eigenvalue weighted by molar-refractivity contribution is 5.95. The molecule has 2 N–H and O–H groups in total. The topological polar surface area (TPSA) is 82.1 Å². The summed E-state index contributed by atoms with van der Waals surface area (Å²) in [6.45, 7) is 11.7. The van der Waals surface area contributed by atoms with Gasteiger partial charge >= 0.3 is 0 Å². The van der Waals surface area contributed by atoms with E-state index < -0.39 is 0 Å². The number of rotatable bonds is 6. The van der Waals surface area contributed by atoms with E-state index in [2.05, 4.69) is 63.3 Å². The number of para-hydroxylation sites is 1. The number of aryl methyl sites for hydroxylation is 1. The SMILES string of the molecule is CCN(CC)c1ncnc2c(Nc3ccccc3C)nc(N3CCNCC3)nc12. The van der Waals surface area contributed by atoms with Crippen LogP contribution in [0.3, 0.4) is 0 Å². The molecule has 0 spiro atoms. The van der Waals surface area contributed by atoms with Crippen LogP contribution in [-0.2, 0) is 0 Å². The van der Waals surface area contributed by atoms with Crippen LogP contribution in [0.15, 0.2) is 30.6 Å². The molecule has 0 radical (unpaired) electrons. The molecule has 3 aromatic rings. The lowest BCUT2D eigenvalue weighted by Crippen LogP contribution is -2.44. The summed E-state index contributed by atoms with van der Waals surface area (Å²) in [7, 11) is 0. The summed E-state index contributed by atoms with van der Waals surface area (Å²) >= 11 is 0. The smallest absolute Gasteiger partial charge is 0.228 e. The molecular formula is C21H28N8. The van der Waals surface area contributed by atoms with Crippen LogP contribution in [-0.4, -0.2) is 59.2 Å². The van der Waals surface area contributed by atoms with E-state index in [1.165, 1.54) is 0 Å². The van der Waals surface area contributed by atoms with Crippen molar-refractivity contribution in [3.05, 3.63) is 36.2 Å². The van der Waals surface area contributed by atoms with Gasteiger partial charge in [-0.3, -0.25) is 0 Å². The normalized spacial score (nSPS) is 14.2. The molecule has 3 heterocycles. The van der Waals surface area contributed by atoms with E-state index in [0.29, 0.717) is 5.82 Å². The molecule has 1 aliphatic heterocycles. The average molecular weight is 393 g/mol. The molecule has 2 aromatic heterocycles. The summed E-state index contributed by atoms with van der Waals surface area (Å²) in [6.07, 6.45) is 1.60. The first-order valence-corrected chi connectivity index (χ1v) is 10.3. The van der Waals surface area contributed by atoms with Crippen molar-refractivity contribution in [2.45, 2.75) is 20.8 Å². The monoisotopic (exact) mass is 392 g/mol. The van der Waals surface area contributed by atoms with Crippen LogP contribution in [0.25, 0.3) is 11.0 Å². The zero-order valence-corrected chi connectivity index (χ0v) is 17.3. The Bertz CT molecular complexity index is 980. The second-order valence-electron chi connectivity index (χ2n) is 7.12. The number of aromatic nitrogens is 4. The van der Waals surface area contributed by atoms with Crippen LogP contribution in [0.2, 0.25) is 0 Å². The van der Waals surface area contributed by atoms with Gasteiger partial charge in [-0.05, 0) is 32.4 Å². The van der Waals surface area contributed by atoms with Gasteiger partial charge in [-0.2, -0.15) is 4.98 Å². The molecule has 8 nitrogen and oxygen atoms in total. The Balaban J connectivity index is 1.87. The fraction of sp³-hybridized carbons (Fsp3) is 0.429. The minimum absolute atomic E-state index is 0.716. The van der Waals surface area contributed by atoms with Gasteiger partial charge < -0.3 is 20.4 Å². The third-order valence-corrected chi connectivity index (χ3v) is 5.31. The van der Waals surface area contributed by atoms with Crippen molar-refractivity contribution in [1.82, 2.24) is 25.3 Å². The van der Waals surface area contributed by atoms with Crippen LogP contribution in [0, 0.1) is 6.92 Å². The van der Waals surface area contributed by atoms with E-state index in [-0.39, 0.29) is 0 Å². The van der Waals surface area contributed by atoms with Crippen molar-refractivity contribution in [2.75, 3.05) is 54.4 Å². The van der Waals surface area contributed by atoms with Crippen molar-refractivity contribution < 1.29 is 0 Å². The quantitative estimate of drug-likeness (QED) is 0.663. The van der Waals surface area contributed by atoms with Gasteiger partial charge in [-0.15, -0.1) is 0 Å². The molecule has 0 bridgehead atoms. The van der Waals surface area contributed by atoms with Crippen molar-refractivity contribution in [2.24, 2.45) is 0 Å². The van der Waals surface area contributed by atoms with Gasteiger partial charge in [0.05, 0.1) is 0 Å². The predicted octanol–water partition coefficient (Wildman–Crippen LogP) is 2.73. The molecule has 0 aliphatic carbocycles. The lowest BCUT2D eigenvalue weighted by atomic mass is 10.2. The van der Waals surface area contributed by atoms with Crippen molar-refractivity contribution in [3.63, 3.8) is 0 Å². The van der Waals surface area contributed by atoms with Crippen LogP contribution in [0.4, 0.5) is 23.3 Å². The van der Waals surface area contributed by atoms with E-state index in [1.807, 2.05) is 12.1 Å². The maximum Gasteiger partial charge on any atom is 0.228 e. The molecule has 1 aromatic carbocycles. The van der Waals surface area contributed by atoms with Crippen LogP contribution < -0.4 is 20.4 Å². The fourth-order valence-electron chi connectivity index (χ4n) is 3.61. The van der Waals surface area contributed by atoms with Crippen molar-refractivity contribution in [3.8, 4) is 0 Å². The highest BCUT2D eigenvalue weighted by Gasteiger charge is 2.20. The Labute approximate surface area is 171 Å². The van der Waals surface area contributed by atoms with Gasteiger partial charge in [0.2, 0.25) is 5.95 Å². The van der Waals surface area contributed by atoms with Crippen molar-refractivity contribution >= 4 is 34.3 Å². The zero-order chi connectivity index (χ0) is 20.2. The molecule has 0 amide bonds. The number of nitrogens with zero attached hydrogens (tertiary/aromatic N) is 6. The van der Waals surface area contributed by atoms with Gasteiger partial charge in [0.1, 0.15) is 17.4 Å². The molecule has 8 heteroatoms. The standard InChI is InChI=1S/C21H28N8/c1-4-28(5-2)20-18-17(23-14-24-20)19(25-16-9-7-6-8-15(16)3)27-21(26-18)29-12-10-22-11-13-29/h6-9,14,22H,4-5,10-13H2,1-3H3,(H,25,26,27). The number of nitrogens with one attached hydrogen (secondary N) is 2. The van der Waals surface area contributed by atoms with E-state index in [0.717, 1.165) is 73.3 Å². The number of hydrogen-bond donors (Lipinski definition) is 2.